The minimum Gasteiger partial charge on any atom is -0.497 e. The predicted octanol–water partition coefficient (Wildman–Crippen LogP) is 4.35. The van der Waals surface area contributed by atoms with Gasteiger partial charge in [-0.3, -0.25) is 4.79 Å². The van der Waals surface area contributed by atoms with Gasteiger partial charge in [0, 0.05) is 27.5 Å². The number of thioether (sulfide) groups is 1. The van der Waals surface area contributed by atoms with E-state index in [1.807, 2.05) is 55.7 Å². The molecule has 0 bridgehead atoms. The lowest BCUT2D eigenvalue weighted by Gasteiger charge is -2.13. The Kier molecular flexibility index (Phi) is 7.37. The fraction of sp³-hybridized carbons (Fsp3) is 0.208. The topological polar surface area (TPSA) is 92.9 Å². The number of nitrogens with one attached hydrogen (secondary N) is 1. The molecular formula is C24H25N3O4S. The molecule has 1 heterocycles. The third kappa shape index (κ3) is 5.39. The highest BCUT2D eigenvalue weighted by atomic mass is 32.2. The zero-order valence-electron chi connectivity index (χ0n) is 18.4. The first-order valence-electron chi connectivity index (χ1n) is 9.92. The van der Waals surface area contributed by atoms with Crippen LogP contribution in [0, 0.1) is 20.8 Å². The number of rotatable bonds is 8. The number of carbonyl (C=O) groups is 2. The van der Waals surface area contributed by atoms with Gasteiger partial charge in [0.15, 0.2) is 0 Å². The molecule has 2 N–H and O–H groups in total. The van der Waals surface area contributed by atoms with Crippen LogP contribution in [0.15, 0.2) is 58.5 Å². The van der Waals surface area contributed by atoms with Crippen molar-refractivity contribution in [1.29, 1.82) is 0 Å². The van der Waals surface area contributed by atoms with Crippen molar-refractivity contribution in [2.24, 2.45) is 5.10 Å². The first kappa shape index (κ1) is 23.1. The minimum absolute atomic E-state index is 0.198. The normalized spacial score (nSPS) is 11.0. The molecule has 2 aromatic carbocycles. The minimum atomic E-state index is -0.950. The van der Waals surface area contributed by atoms with Gasteiger partial charge in [0.2, 0.25) is 5.91 Å². The van der Waals surface area contributed by atoms with Crippen molar-refractivity contribution >= 4 is 29.9 Å². The lowest BCUT2D eigenvalue weighted by molar-refractivity contribution is -0.118. The van der Waals surface area contributed by atoms with Gasteiger partial charge in [0.05, 0.1) is 24.6 Å². The van der Waals surface area contributed by atoms with Crippen LogP contribution in [0.5, 0.6) is 5.75 Å². The Morgan fingerprint density at radius 1 is 1.12 bits per heavy atom. The Labute approximate surface area is 191 Å². The van der Waals surface area contributed by atoms with Gasteiger partial charge in [-0.1, -0.05) is 0 Å². The van der Waals surface area contributed by atoms with Crippen molar-refractivity contribution in [3.63, 3.8) is 0 Å². The zero-order valence-corrected chi connectivity index (χ0v) is 19.2. The summed E-state index contributed by atoms with van der Waals surface area (Å²) < 4.78 is 7.17. The number of methoxy groups -OCH3 is 1. The maximum absolute atomic E-state index is 12.1. The maximum Gasteiger partial charge on any atom is 0.335 e. The summed E-state index contributed by atoms with van der Waals surface area (Å²) in [4.78, 5) is 24.3. The summed E-state index contributed by atoms with van der Waals surface area (Å²) in [5.74, 6) is -0.128. The number of ether oxygens (including phenoxy) is 1. The number of carbonyl (C=O) groups excluding carboxylic acids is 1. The van der Waals surface area contributed by atoms with Crippen molar-refractivity contribution < 1.29 is 19.4 Å². The summed E-state index contributed by atoms with van der Waals surface area (Å²) in [5, 5.41) is 13.3. The molecule has 1 aromatic heterocycles. The SMILES string of the molecule is COc1ccc(SCC(=O)NN=Cc2cc(C)n(-c3ccc(C(=O)O)cc3C)c2C)cc1. The van der Waals surface area contributed by atoms with Crippen LogP contribution in [0.1, 0.15) is 32.9 Å². The van der Waals surface area contributed by atoms with Crippen molar-refractivity contribution in [2.75, 3.05) is 12.9 Å². The lowest BCUT2D eigenvalue weighted by atomic mass is 10.1. The largest absolute Gasteiger partial charge is 0.497 e. The Morgan fingerprint density at radius 2 is 1.84 bits per heavy atom. The number of hydrogen-bond acceptors (Lipinski definition) is 5. The van der Waals surface area contributed by atoms with Gasteiger partial charge in [-0.2, -0.15) is 5.10 Å². The van der Waals surface area contributed by atoms with E-state index >= 15 is 0 Å². The number of nitrogens with zero attached hydrogens (tertiary/aromatic N) is 2. The molecule has 0 saturated heterocycles. The second-order valence-corrected chi connectivity index (χ2v) is 8.27. The number of carboxylic acids is 1. The maximum atomic E-state index is 12.1. The van der Waals surface area contributed by atoms with Gasteiger partial charge < -0.3 is 14.4 Å². The molecule has 0 spiro atoms. The molecule has 1 amide bonds. The van der Waals surface area contributed by atoms with Gasteiger partial charge >= 0.3 is 5.97 Å². The number of carboxylic acid groups (broad SMARTS) is 1. The molecule has 0 atom stereocenters. The molecule has 166 valence electrons. The van der Waals surface area contributed by atoms with E-state index in [0.29, 0.717) is 0 Å². The van der Waals surface area contributed by atoms with E-state index in [1.165, 1.54) is 11.8 Å². The Bertz CT molecular complexity index is 1170. The molecule has 0 radical (unpaired) electrons. The van der Waals surface area contributed by atoms with Gasteiger partial charge in [0.25, 0.3) is 0 Å². The number of aromatic nitrogens is 1. The molecule has 0 fully saturated rings. The van der Waals surface area contributed by atoms with Crippen molar-refractivity contribution in [3.05, 3.63) is 76.6 Å². The van der Waals surface area contributed by atoms with Crippen LogP contribution < -0.4 is 10.2 Å². The number of benzene rings is 2. The number of hydrogen-bond donors (Lipinski definition) is 2. The summed E-state index contributed by atoms with van der Waals surface area (Å²) in [7, 11) is 1.61. The number of aryl methyl sites for hydroxylation is 2. The third-order valence-electron chi connectivity index (χ3n) is 4.98. The first-order chi connectivity index (χ1) is 15.3. The summed E-state index contributed by atoms with van der Waals surface area (Å²) >= 11 is 1.42. The highest BCUT2D eigenvalue weighted by Crippen LogP contribution is 2.24. The van der Waals surface area contributed by atoms with Crippen LogP contribution in [0.4, 0.5) is 0 Å². The standard InChI is InChI=1S/C24H25N3O4S/c1-15-11-18(24(29)30)5-10-22(15)27-16(2)12-19(17(27)3)13-25-26-23(28)14-32-21-8-6-20(31-4)7-9-21/h5-13H,14H2,1-4H3,(H,26,28)(H,29,30). The molecule has 0 saturated carbocycles. The molecule has 8 heteroatoms. The molecule has 0 aliphatic heterocycles. The van der Waals surface area contributed by atoms with Gasteiger partial charge in [-0.05, 0) is 74.9 Å². The van der Waals surface area contributed by atoms with Crippen LogP contribution in [-0.4, -0.2) is 40.6 Å². The van der Waals surface area contributed by atoms with Crippen LogP contribution in [0.3, 0.4) is 0 Å². The average molecular weight is 452 g/mol. The van der Waals surface area contributed by atoms with E-state index in [0.717, 1.165) is 38.8 Å². The van der Waals surface area contributed by atoms with Gasteiger partial charge in [-0.25, -0.2) is 10.2 Å². The van der Waals surface area contributed by atoms with E-state index in [1.54, 1.807) is 31.5 Å². The predicted molar refractivity (Wildman–Crippen MR) is 126 cm³/mol. The average Bonchev–Trinajstić information content (AvgIpc) is 3.05. The van der Waals surface area contributed by atoms with E-state index in [9.17, 15) is 14.7 Å². The highest BCUT2D eigenvalue weighted by Gasteiger charge is 2.13. The van der Waals surface area contributed by atoms with Gasteiger partial charge in [0.1, 0.15) is 5.75 Å². The smallest absolute Gasteiger partial charge is 0.335 e. The Morgan fingerprint density at radius 3 is 2.47 bits per heavy atom. The molecule has 0 aliphatic carbocycles. The Hall–Kier alpha value is -3.52. The molecule has 3 rings (SSSR count). The van der Waals surface area contributed by atoms with Crippen molar-refractivity contribution in [1.82, 2.24) is 9.99 Å². The number of hydrazone groups is 1. The monoisotopic (exact) mass is 451 g/mol. The van der Waals surface area contributed by atoms with Crippen LogP contribution >= 0.6 is 11.8 Å². The van der Waals surface area contributed by atoms with Crippen LogP contribution in [0.2, 0.25) is 0 Å². The molecule has 0 aliphatic rings. The molecular weight excluding hydrogens is 426 g/mol. The summed E-state index contributed by atoms with van der Waals surface area (Å²) in [5.41, 5.74) is 7.38. The van der Waals surface area contributed by atoms with E-state index in [2.05, 4.69) is 10.5 Å². The van der Waals surface area contributed by atoms with Crippen molar-refractivity contribution in [2.45, 2.75) is 25.7 Å². The number of amides is 1. The molecule has 7 nitrogen and oxygen atoms in total. The quantitative estimate of drug-likeness (QED) is 0.302. The van der Waals surface area contributed by atoms with E-state index in [-0.39, 0.29) is 17.2 Å². The summed E-state index contributed by atoms with van der Waals surface area (Å²) in [6.45, 7) is 5.81. The summed E-state index contributed by atoms with van der Waals surface area (Å²) in [6, 6.07) is 14.5. The van der Waals surface area contributed by atoms with Gasteiger partial charge in [-0.15, -0.1) is 11.8 Å². The third-order valence-corrected chi connectivity index (χ3v) is 5.99. The molecule has 32 heavy (non-hydrogen) atoms. The van der Waals surface area contributed by atoms with E-state index < -0.39 is 5.97 Å². The highest BCUT2D eigenvalue weighted by molar-refractivity contribution is 8.00. The fourth-order valence-corrected chi connectivity index (χ4v) is 4.05. The fourth-order valence-electron chi connectivity index (χ4n) is 3.36. The zero-order chi connectivity index (χ0) is 23.3. The Balaban J connectivity index is 1.65. The van der Waals surface area contributed by atoms with E-state index in [4.69, 9.17) is 4.74 Å². The second-order valence-electron chi connectivity index (χ2n) is 7.23. The second kappa shape index (κ2) is 10.2. The molecule has 0 unspecified atom stereocenters. The summed E-state index contributed by atoms with van der Waals surface area (Å²) in [6.07, 6.45) is 1.62. The van der Waals surface area contributed by atoms with Crippen LogP contribution in [0.25, 0.3) is 5.69 Å². The first-order valence-corrected chi connectivity index (χ1v) is 10.9. The lowest BCUT2D eigenvalue weighted by Crippen LogP contribution is -2.19. The molecule has 3 aromatic rings. The van der Waals surface area contributed by atoms with Crippen molar-refractivity contribution in [3.8, 4) is 11.4 Å². The van der Waals surface area contributed by atoms with Crippen LogP contribution in [-0.2, 0) is 4.79 Å². The number of aromatic carboxylic acids is 1.